The van der Waals surface area contributed by atoms with Crippen molar-refractivity contribution in [3.8, 4) is 0 Å². The van der Waals surface area contributed by atoms with Gasteiger partial charge in [-0.25, -0.2) is 0 Å². The zero-order valence-corrected chi connectivity index (χ0v) is 12.7. The maximum atomic E-state index is 10.7. The van der Waals surface area contributed by atoms with Crippen LogP contribution in [0.1, 0.15) is 43.6 Å². The van der Waals surface area contributed by atoms with Crippen LogP contribution < -0.4 is 0 Å². The zero-order chi connectivity index (χ0) is 15.6. The fraction of sp³-hybridized carbons (Fsp3) is 0.625. The van der Waals surface area contributed by atoms with Crippen molar-refractivity contribution < 1.29 is 20.4 Å². The fourth-order valence-corrected chi connectivity index (χ4v) is 2.41. The lowest BCUT2D eigenvalue weighted by Crippen LogP contribution is -2.41. The summed E-state index contributed by atoms with van der Waals surface area (Å²) in [5.74, 6) is 0. The number of benzene rings is 1. The van der Waals surface area contributed by atoms with E-state index in [0.29, 0.717) is 5.56 Å². The van der Waals surface area contributed by atoms with Gasteiger partial charge in [0, 0.05) is 0 Å². The Morgan fingerprint density at radius 1 is 1.00 bits per heavy atom. The molecule has 114 valence electrons. The molecule has 0 heterocycles. The Labute approximate surface area is 120 Å². The highest BCUT2D eigenvalue weighted by Gasteiger charge is 2.40. The molecule has 1 atom stereocenters. The van der Waals surface area contributed by atoms with E-state index in [1.165, 1.54) is 0 Å². The van der Waals surface area contributed by atoms with E-state index in [0.717, 1.165) is 11.1 Å². The number of hydrogen-bond acceptors (Lipinski definition) is 4. The first-order valence-corrected chi connectivity index (χ1v) is 6.84. The van der Waals surface area contributed by atoms with Crippen LogP contribution in [-0.4, -0.2) is 40.2 Å². The Bertz CT molecular complexity index is 436. The molecule has 0 amide bonds. The SMILES string of the molecule is Cc1cccc(C(C)(C)C)c1C(O)C(CO)(CO)CO. The molecule has 0 bridgehead atoms. The minimum atomic E-state index is -1.34. The van der Waals surface area contributed by atoms with E-state index < -0.39 is 31.3 Å². The lowest BCUT2D eigenvalue weighted by molar-refractivity contribution is -0.0859. The van der Waals surface area contributed by atoms with Gasteiger partial charge in [0.15, 0.2) is 0 Å². The van der Waals surface area contributed by atoms with E-state index in [9.17, 15) is 20.4 Å². The van der Waals surface area contributed by atoms with E-state index >= 15 is 0 Å². The summed E-state index contributed by atoms with van der Waals surface area (Å²) in [5, 5.41) is 39.2. The van der Waals surface area contributed by atoms with Crippen molar-refractivity contribution in [1.82, 2.24) is 0 Å². The van der Waals surface area contributed by atoms with Crippen molar-refractivity contribution in [2.45, 2.75) is 39.2 Å². The molecular weight excluding hydrogens is 256 g/mol. The monoisotopic (exact) mass is 282 g/mol. The predicted molar refractivity (Wildman–Crippen MR) is 78.5 cm³/mol. The molecule has 0 aliphatic carbocycles. The largest absolute Gasteiger partial charge is 0.395 e. The minimum Gasteiger partial charge on any atom is -0.395 e. The molecule has 4 nitrogen and oxygen atoms in total. The maximum Gasteiger partial charge on any atom is 0.0918 e. The molecule has 1 unspecified atom stereocenters. The van der Waals surface area contributed by atoms with Gasteiger partial charge in [-0.1, -0.05) is 39.0 Å². The molecule has 0 fully saturated rings. The first kappa shape index (κ1) is 17.1. The summed E-state index contributed by atoms with van der Waals surface area (Å²) in [6.45, 7) is 6.53. The van der Waals surface area contributed by atoms with E-state index in [1.807, 2.05) is 45.9 Å². The van der Waals surface area contributed by atoms with Crippen LogP contribution in [0.25, 0.3) is 0 Å². The standard InChI is InChI=1S/C16H26O4/c1-11-6-5-7-12(15(2,3)4)13(11)14(20)16(8-17,9-18)10-19/h5-7,14,17-20H,8-10H2,1-4H3. The Hall–Kier alpha value is -0.940. The van der Waals surface area contributed by atoms with Gasteiger partial charge in [-0.3, -0.25) is 0 Å². The quantitative estimate of drug-likeness (QED) is 0.656. The number of aryl methyl sites for hydroxylation is 1. The molecule has 0 aliphatic rings. The number of rotatable bonds is 5. The first-order valence-electron chi connectivity index (χ1n) is 6.84. The smallest absolute Gasteiger partial charge is 0.0918 e. The highest BCUT2D eigenvalue weighted by atomic mass is 16.3. The second-order valence-electron chi connectivity index (χ2n) is 6.53. The van der Waals surface area contributed by atoms with Gasteiger partial charge in [0.2, 0.25) is 0 Å². The zero-order valence-electron chi connectivity index (χ0n) is 12.7. The molecule has 0 saturated heterocycles. The maximum absolute atomic E-state index is 10.7. The summed E-state index contributed by atoms with van der Waals surface area (Å²) in [6.07, 6.45) is -1.13. The van der Waals surface area contributed by atoms with Gasteiger partial charge in [-0.15, -0.1) is 0 Å². The Morgan fingerprint density at radius 2 is 1.50 bits per heavy atom. The van der Waals surface area contributed by atoms with Crippen molar-refractivity contribution in [3.05, 3.63) is 34.9 Å². The van der Waals surface area contributed by atoms with Crippen molar-refractivity contribution in [3.63, 3.8) is 0 Å². The van der Waals surface area contributed by atoms with Crippen LogP contribution >= 0.6 is 0 Å². The third-order valence-electron chi connectivity index (χ3n) is 3.93. The van der Waals surface area contributed by atoms with E-state index in [4.69, 9.17) is 0 Å². The van der Waals surface area contributed by atoms with Crippen LogP contribution in [0.2, 0.25) is 0 Å². The normalized spacial score (nSPS) is 14.4. The van der Waals surface area contributed by atoms with Crippen LogP contribution in [0.4, 0.5) is 0 Å². The second kappa shape index (κ2) is 6.22. The van der Waals surface area contributed by atoms with Crippen molar-refractivity contribution >= 4 is 0 Å². The third-order valence-corrected chi connectivity index (χ3v) is 3.93. The Balaban J connectivity index is 3.45. The van der Waals surface area contributed by atoms with Gasteiger partial charge >= 0.3 is 0 Å². The minimum absolute atomic E-state index is 0.186. The van der Waals surface area contributed by atoms with Gasteiger partial charge < -0.3 is 20.4 Å². The molecule has 1 aromatic rings. The molecule has 0 saturated carbocycles. The average Bonchev–Trinajstić information content (AvgIpc) is 2.40. The van der Waals surface area contributed by atoms with E-state index in [2.05, 4.69) is 0 Å². The van der Waals surface area contributed by atoms with E-state index in [-0.39, 0.29) is 5.41 Å². The lowest BCUT2D eigenvalue weighted by atomic mass is 9.73. The molecule has 4 N–H and O–H groups in total. The van der Waals surface area contributed by atoms with Crippen LogP contribution in [0.3, 0.4) is 0 Å². The summed E-state index contributed by atoms with van der Waals surface area (Å²) >= 11 is 0. The number of aliphatic hydroxyl groups is 4. The van der Waals surface area contributed by atoms with Gasteiger partial charge in [-0.2, -0.15) is 0 Å². The van der Waals surface area contributed by atoms with Crippen molar-refractivity contribution in [2.24, 2.45) is 5.41 Å². The summed E-state index contributed by atoms with van der Waals surface area (Å²) < 4.78 is 0. The molecule has 0 aliphatic heterocycles. The molecule has 20 heavy (non-hydrogen) atoms. The summed E-state index contributed by atoms with van der Waals surface area (Å²) in [4.78, 5) is 0. The Morgan fingerprint density at radius 3 is 1.90 bits per heavy atom. The number of hydrogen-bond donors (Lipinski definition) is 4. The molecular formula is C16H26O4. The van der Waals surface area contributed by atoms with Gasteiger partial charge in [0.05, 0.1) is 31.3 Å². The van der Waals surface area contributed by atoms with E-state index in [1.54, 1.807) is 0 Å². The van der Waals surface area contributed by atoms with Crippen molar-refractivity contribution in [2.75, 3.05) is 19.8 Å². The van der Waals surface area contributed by atoms with Crippen LogP contribution in [0.5, 0.6) is 0 Å². The molecule has 0 spiro atoms. The van der Waals surface area contributed by atoms with Crippen molar-refractivity contribution in [1.29, 1.82) is 0 Å². The van der Waals surface area contributed by atoms with Gasteiger partial charge in [0.25, 0.3) is 0 Å². The fourth-order valence-electron chi connectivity index (χ4n) is 2.41. The summed E-state index contributed by atoms with van der Waals surface area (Å²) in [5.41, 5.74) is 0.979. The predicted octanol–water partition coefficient (Wildman–Crippen LogP) is 1.29. The average molecular weight is 282 g/mol. The molecule has 4 heteroatoms. The highest BCUT2D eigenvalue weighted by Crippen LogP contribution is 2.40. The van der Waals surface area contributed by atoms with Crippen LogP contribution in [0, 0.1) is 12.3 Å². The summed E-state index contributed by atoms with van der Waals surface area (Å²) in [7, 11) is 0. The summed E-state index contributed by atoms with van der Waals surface area (Å²) in [6, 6.07) is 5.73. The van der Waals surface area contributed by atoms with Gasteiger partial charge in [0.1, 0.15) is 0 Å². The third kappa shape index (κ3) is 3.04. The van der Waals surface area contributed by atoms with Crippen LogP contribution in [-0.2, 0) is 5.41 Å². The van der Waals surface area contributed by atoms with Crippen LogP contribution in [0.15, 0.2) is 18.2 Å². The number of aliphatic hydroxyl groups excluding tert-OH is 4. The highest BCUT2D eigenvalue weighted by molar-refractivity contribution is 5.41. The first-order chi connectivity index (χ1) is 9.23. The van der Waals surface area contributed by atoms with Gasteiger partial charge in [-0.05, 0) is 29.0 Å². The molecule has 0 radical (unpaired) electrons. The molecule has 1 aromatic carbocycles. The molecule has 0 aromatic heterocycles. The second-order valence-corrected chi connectivity index (χ2v) is 6.53. The molecule has 1 rings (SSSR count). The Kier molecular flexibility index (Phi) is 5.33. The lowest BCUT2D eigenvalue weighted by Gasteiger charge is -2.36. The topological polar surface area (TPSA) is 80.9 Å².